The molecule has 8 nitrogen and oxygen atoms in total. The molecule has 146 valence electrons. The van der Waals surface area contributed by atoms with E-state index in [4.69, 9.17) is 4.52 Å². The van der Waals surface area contributed by atoms with Gasteiger partial charge in [0.15, 0.2) is 11.5 Å². The number of amides is 1. The van der Waals surface area contributed by atoms with Crippen molar-refractivity contribution >= 4 is 21.7 Å². The molecule has 0 aliphatic rings. The number of nitrogens with zero attached hydrogens (tertiary/aromatic N) is 1. The first-order valence-corrected chi connectivity index (χ1v) is 9.98. The number of Topliss-reactive ketones (excluding diaryl/α,β-unsaturated/α-hetero) is 1. The second-order valence-corrected chi connectivity index (χ2v) is 7.89. The van der Waals surface area contributed by atoms with E-state index in [1.165, 1.54) is 13.8 Å². The van der Waals surface area contributed by atoms with Crippen LogP contribution in [0.1, 0.15) is 40.2 Å². The summed E-state index contributed by atoms with van der Waals surface area (Å²) >= 11 is 0. The van der Waals surface area contributed by atoms with E-state index in [1.54, 1.807) is 12.1 Å². The summed E-state index contributed by atoms with van der Waals surface area (Å²) in [7, 11) is -3.75. The molecule has 0 fully saturated rings. The van der Waals surface area contributed by atoms with Crippen LogP contribution in [0.25, 0.3) is 0 Å². The minimum Gasteiger partial charge on any atom is -0.360 e. The number of carbonyl (C=O) groups is 2. The van der Waals surface area contributed by atoms with Gasteiger partial charge in [0.25, 0.3) is 0 Å². The van der Waals surface area contributed by atoms with Crippen LogP contribution in [0.3, 0.4) is 0 Å². The molecule has 0 saturated carbocycles. The second kappa shape index (κ2) is 8.92. The number of aromatic nitrogens is 1. The monoisotopic (exact) mass is 393 g/mol. The summed E-state index contributed by atoms with van der Waals surface area (Å²) in [4.78, 5) is 23.9. The van der Waals surface area contributed by atoms with Gasteiger partial charge in [-0.15, -0.1) is 0 Å². The second-order valence-electron chi connectivity index (χ2n) is 6.19. The minimum atomic E-state index is -3.75. The number of rotatable bonds is 9. The van der Waals surface area contributed by atoms with Crippen molar-refractivity contribution in [1.29, 1.82) is 0 Å². The Balaban J connectivity index is 1.73. The zero-order chi connectivity index (χ0) is 20.0. The van der Waals surface area contributed by atoms with E-state index in [0.29, 0.717) is 5.56 Å². The third-order valence-corrected chi connectivity index (χ3v) is 5.63. The normalized spacial score (nSPS) is 11.4. The van der Waals surface area contributed by atoms with E-state index in [-0.39, 0.29) is 54.0 Å². The average molecular weight is 393 g/mol. The molecule has 2 aromatic rings. The Hall–Kier alpha value is -2.52. The van der Waals surface area contributed by atoms with Crippen molar-refractivity contribution in [2.75, 3.05) is 13.1 Å². The highest BCUT2D eigenvalue weighted by atomic mass is 32.2. The molecule has 1 amide bonds. The summed E-state index contributed by atoms with van der Waals surface area (Å²) in [5.74, 6) is -0.213. The molecular weight excluding hydrogens is 370 g/mol. The molecule has 0 aliphatic carbocycles. The van der Waals surface area contributed by atoms with Crippen molar-refractivity contribution in [2.24, 2.45) is 0 Å². The van der Waals surface area contributed by atoms with E-state index in [0.717, 1.165) is 5.56 Å². The van der Waals surface area contributed by atoms with Crippen molar-refractivity contribution in [2.45, 2.75) is 38.5 Å². The quantitative estimate of drug-likeness (QED) is 0.494. The molecule has 0 spiro atoms. The molecule has 0 bridgehead atoms. The van der Waals surface area contributed by atoms with Gasteiger partial charge in [0, 0.05) is 31.5 Å². The third kappa shape index (κ3) is 5.73. The molecule has 0 aliphatic heterocycles. The number of aryl methyl sites for hydroxylation is 3. The van der Waals surface area contributed by atoms with Crippen molar-refractivity contribution < 1.29 is 22.5 Å². The predicted octanol–water partition coefficient (Wildman–Crippen LogP) is 1.66. The first-order chi connectivity index (χ1) is 12.7. The molecule has 27 heavy (non-hydrogen) atoms. The van der Waals surface area contributed by atoms with Crippen LogP contribution in [0.4, 0.5) is 0 Å². The molecule has 1 heterocycles. The summed E-state index contributed by atoms with van der Waals surface area (Å²) in [6, 6.07) is 7.16. The van der Waals surface area contributed by atoms with Crippen LogP contribution >= 0.6 is 0 Å². The summed E-state index contributed by atoms with van der Waals surface area (Å²) < 4.78 is 31.7. The van der Waals surface area contributed by atoms with Gasteiger partial charge in [-0.1, -0.05) is 35.0 Å². The summed E-state index contributed by atoms with van der Waals surface area (Å²) in [6.07, 6.45) is 0.142. The number of nitrogens with one attached hydrogen (secondary N) is 2. The molecule has 9 heteroatoms. The van der Waals surface area contributed by atoms with Crippen LogP contribution in [0.15, 0.2) is 33.7 Å². The lowest BCUT2D eigenvalue weighted by molar-refractivity contribution is -0.121. The zero-order valence-electron chi connectivity index (χ0n) is 15.5. The number of hydrogen-bond donors (Lipinski definition) is 2. The Morgan fingerprint density at radius 1 is 1.04 bits per heavy atom. The molecule has 1 aromatic heterocycles. The van der Waals surface area contributed by atoms with Gasteiger partial charge in [-0.2, -0.15) is 0 Å². The van der Waals surface area contributed by atoms with Crippen LogP contribution in [0.2, 0.25) is 0 Å². The van der Waals surface area contributed by atoms with Crippen LogP contribution in [0, 0.1) is 20.8 Å². The lowest BCUT2D eigenvalue weighted by Crippen LogP contribution is -2.35. The number of hydrogen-bond acceptors (Lipinski definition) is 6. The Kier molecular flexibility index (Phi) is 6.86. The SMILES string of the molecule is Cc1ccc(C(=O)CCC(=O)NCCNS(=O)(=O)c2c(C)noc2C)cc1. The van der Waals surface area contributed by atoms with Gasteiger partial charge >= 0.3 is 0 Å². The first kappa shape index (κ1) is 20.8. The first-order valence-electron chi connectivity index (χ1n) is 8.50. The third-order valence-electron chi connectivity index (χ3n) is 3.93. The number of carbonyl (C=O) groups excluding carboxylic acids is 2. The molecule has 2 rings (SSSR count). The van der Waals surface area contributed by atoms with E-state index >= 15 is 0 Å². The number of benzene rings is 1. The molecule has 2 N–H and O–H groups in total. The van der Waals surface area contributed by atoms with Gasteiger partial charge in [-0.25, -0.2) is 13.1 Å². The van der Waals surface area contributed by atoms with Gasteiger partial charge in [-0.3, -0.25) is 9.59 Å². The molecule has 1 aromatic carbocycles. The Labute approximate surface area is 158 Å². The molecule has 0 unspecified atom stereocenters. The van der Waals surface area contributed by atoms with E-state index in [9.17, 15) is 18.0 Å². The zero-order valence-corrected chi connectivity index (χ0v) is 16.4. The van der Waals surface area contributed by atoms with E-state index < -0.39 is 10.0 Å². The fourth-order valence-electron chi connectivity index (χ4n) is 2.52. The van der Waals surface area contributed by atoms with Gasteiger partial charge in [0.1, 0.15) is 10.6 Å². The summed E-state index contributed by atoms with van der Waals surface area (Å²) in [6.45, 7) is 5.12. The summed E-state index contributed by atoms with van der Waals surface area (Å²) in [5, 5.41) is 6.20. The Morgan fingerprint density at radius 3 is 2.30 bits per heavy atom. The maximum absolute atomic E-state index is 12.2. The molecule has 0 radical (unpaired) electrons. The highest BCUT2D eigenvalue weighted by molar-refractivity contribution is 7.89. The molecular formula is C18H23N3O5S. The molecule has 0 saturated heterocycles. The van der Waals surface area contributed by atoms with Crippen molar-refractivity contribution in [3.63, 3.8) is 0 Å². The Bertz CT molecular complexity index is 897. The standard InChI is InChI=1S/C18H23N3O5S/c1-12-4-6-15(7-5-12)16(22)8-9-17(23)19-10-11-20-27(24,25)18-13(2)21-26-14(18)3/h4-7,20H,8-11H2,1-3H3,(H,19,23). The van der Waals surface area contributed by atoms with Crippen LogP contribution < -0.4 is 10.0 Å². The lowest BCUT2D eigenvalue weighted by Gasteiger charge is -2.08. The van der Waals surface area contributed by atoms with Gasteiger partial charge < -0.3 is 9.84 Å². The largest absolute Gasteiger partial charge is 0.360 e. The average Bonchev–Trinajstić information content (AvgIpc) is 2.96. The maximum Gasteiger partial charge on any atom is 0.246 e. The van der Waals surface area contributed by atoms with Gasteiger partial charge in [0.2, 0.25) is 15.9 Å². The van der Waals surface area contributed by atoms with Gasteiger partial charge in [-0.05, 0) is 20.8 Å². The van der Waals surface area contributed by atoms with Crippen molar-refractivity contribution in [3.8, 4) is 0 Å². The highest BCUT2D eigenvalue weighted by Crippen LogP contribution is 2.18. The predicted molar refractivity (Wildman–Crippen MR) is 98.9 cm³/mol. The number of ketones is 1. The number of sulfonamides is 1. The van der Waals surface area contributed by atoms with Crippen molar-refractivity contribution in [1.82, 2.24) is 15.2 Å². The summed E-state index contributed by atoms with van der Waals surface area (Å²) in [5.41, 5.74) is 1.91. The minimum absolute atomic E-state index is 0.0116. The molecule has 0 atom stereocenters. The van der Waals surface area contributed by atoms with E-state index in [1.807, 2.05) is 19.1 Å². The van der Waals surface area contributed by atoms with Gasteiger partial charge in [0.05, 0.1) is 0 Å². The van der Waals surface area contributed by atoms with Crippen molar-refractivity contribution in [3.05, 3.63) is 46.8 Å². The Morgan fingerprint density at radius 2 is 1.70 bits per heavy atom. The lowest BCUT2D eigenvalue weighted by atomic mass is 10.1. The highest BCUT2D eigenvalue weighted by Gasteiger charge is 2.23. The van der Waals surface area contributed by atoms with E-state index in [2.05, 4.69) is 15.2 Å². The fourth-order valence-corrected chi connectivity index (χ4v) is 3.87. The van der Waals surface area contributed by atoms with Crippen LogP contribution in [-0.4, -0.2) is 38.4 Å². The van der Waals surface area contributed by atoms with Crippen LogP contribution in [0.5, 0.6) is 0 Å². The smallest absolute Gasteiger partial charge is 0.246 e. The topological polar surface area (TPSA) is 118 Å². The van der Waals surface area contributed by atoms with Crippen LogP contribution in [-0.2, 0) is 14.8 Å². The maximum atomic E-state index is 12.2. The fraction of sp³-hybridized carbons (Fsp3) is 0.389.